The topological polar surface area (TPSA) is 77.2 Å². The highest BCUT2D eigenvalue weighted by Gasteiger charge is 2.18. The molecule has 23 heavy (non-hydrogen) atoms. The van der Waals surface area contributed by atoms with E-state index in [1.807, 2.05) is 24.3 Å². The van der Waals surface area contributed by atoms with Gasteiger partial charge in [0.05, 0.1) is 10.4 Å². The number of benzene rings is 2. The number of para-hydroxylation sites is 1. The Morgan fingerprint density at radius 3 is 2.57 bits per heavy atom. The van der Waals surface area contributed by atoms with Crippen LogP contribution in [0.4, 0.5) is 0 Å². The minimum absolute atomic E-state index is 0.216. The normalized spacial score (nSPS) is 12.0. The fourth-order valence-corrected chi connectivity index (χ4v) is 3.45. The van der Waals surface area contributed by atoms with Crippen LogP contribution in [-0.4, -0.2) is 34.3 Å². The van der Waals surface area contributed by atoms with Gasteiger partial charge < -0.3 is 0 Å². The van der Waals surface area contributed by atoms with E-state index >= 15 is 0 Å². The molecule has 4 rings (SSSR count). The standard InChI is InChI=1S/C16H12N4O2S/c1-23(21,22)14-9-5-3-7-12(14)15-18-16-11-6-2-4-8-13(11)17-10-20(16)19-15/h2-10H,1H3. The van der Waals surface area contributed by atoms with E-state index in [0.29, 0.717) is 17.0 Å². The van der Waals surface area contributed by atoms with Crippen LogP contribution in [0.15, 0.2) is 59.8 Å². The third-order valence-electron chi connectivity index (χ3n) is 3.61. The SMILES string of the molecule is CS(=O)(=O)c1ccccc1-c1nc2c3ccccc3ncn2n1. The molecule has 0 atom stereocenters. The molecule has 114 valence electrons. The monoisotopic (exact) mass is 324 g/mol. The molecule has 0 aliphatic heterocycles. The van der Waals surface area contributed by atoms with Gasteiger partial charge in [0.2, 0.25) is 0 Å². The molecule has 0 aliphatic rings. The lowest BCUT2D eigenvalue weighted by Crippen LogP contribution is -2.00. The molecule has 0 aliphatic carbocycles. The highest BCUT2D eigenvalue weighted by atomic mass is 32.2. The molecule has 0 amide bonds. The number of sulfone groups is 1. The van der Waals surface area contributed by atoms with Crippen molar-refractivity contribution in [3.63, 3.8) is 0 Å². The van der Waals surface area contributed by atoms with E-state index in [0.717, 1.165) is 10.9 Å². The zero-order valence-electron chi connectivity index (χ0n) is 12.2. The molecule has 2 aromatic heterocycles. The Kier molecular flexibility index (Phi) is 2.92. The summed E-state index contributed by atoms with van der Waals surface area (Å²) in [4.78, 5) is 9.08. The second kappa shape index (κ2) is 4.85. The Hall–Kier alpha value is -2.80. The van der Waals surface area contributed by atoms with Crippen LogP contribution in [0.5, 0.6) is 0 Å². The fourth-order valence-electron chi connectivity index (χ4n) is 2.57. The van der Waals surface area contributed by atoms with Crippen LogP contribution in [-0.2, 0) is 9.84 Å². The lowest BCUT2D eigenvalue weighted by Gasteiger charge is -2.03. The summed E-state index contributed by atoms with van der Waals surface area (Å²) in [6.07, 6.45) is 2.76. The summed E-state index contributed by atoms with van der Waals surface area (Å²) in [7, 11) is -3.37. The van der Waals surface area contributed by atoms with E-state index in [1.165, 1.54) is 6.26 Å². The zero-order valence-corrected chi connectivity index (χ0v) is 13.0. The molecule has 4 aromatic rings. The summed E-state index contributed by atoms with van der Waals surface area (Å²) in [6.45, 7) is 0. The van der Waals surface area contributed by atoms with Crippen molar-refractivity contribution < 1.29 is 8.42 Å². The lowest BCUT2D eigenvalue weighted by atomic mass is 10.2. The van der Waals surface area contributed by atoms with Gasteiger partial charge in [0, 0.05) is 17.2 Å². The molecular weight excluding hydrogens is 312 g/mol. The van der Waals surface area contributed by atoms with E-state index in [9.17, 15) is 8.42 Å². The van der Waals surface area contributed by atoms with Gasteiger partial charge in [-0.2, -0.15) is 0 Å². The third-order valence-corrected chi connectivity index (χ3v) is 4.76. The van der Waals surface area contributed by atoms with Crippen LogP contribution in [0.25, 0.3) is 27.9 Å². The maximum Gasteiger partial charge on any atom is 0.183 e. The van der Waals surface area contributed by atoms with Gasteiger partial charge >= 0.3 is 0 Å². The molecule has 0 fully saturated rings. The van der Waals surface area contributed by atoms with Gasteiger partial charge in [0.1, 0.15) is 6.33 Å². The first-order valence-corrected chi connectivity index (χ1v) is 8.83. The predicted octanol–water partition coefficient (Wildman–Crippen LogP) is 2.35. The number of rotatable bonds is 2. The van der Waals surface area contributed by atoms with E-state index < -0.39 is 9.84 Å². The molecule has 0 spiro atoms. The van der Waals surface area contributed by atoms with Gasteiger partial charge in [-0.3, -0.25) is 0 Å². The Balaban J connectivity index is 2.03. The summed E-state index contributed by atoms with van der Waals surface area (Å²) in [5, 5.41) is 5.25. The molecule has 0 N–H and O–H groups in total. The first kappa shape index (κ1) is 13.8. The average molecular weight is 324 g/mol. The first-order chi connectivity index (χ1) is 11.0. The van der Waals surface area contributed by atoms with Crippen LogP contribution in [0.1, 0.15) is 0 Å². The van der Waals surface area contributed by atoms with Crippen LogP contribution >= 0.6 is 0 Å². The maximum atomic E-state index is 12.0. The quantitative estimate of drug-likeness (QED) is 0.565. The van der Waals surface area contributed by atoms with Crippen LogP contribution in [0.2, 0.25) is 0 Å². The Morgan fingerprint density at radius 2 is 1.74 bits per heavy atom. The van der Waals surface area contributed by atoms with Gasteiger partial charge in [0.15, 0.2) is 21.3 Å². The number of aromatic nitrogens is 4. The van der Waals surface area contributed by atoms with Crippen molar-refractivity contribution in [2.75, 3.05) is 6.26 Å². The number of fused-ring (bicyclic) bond motifs is 3. The van der Waals surface area contributed by atoms with Crippen molar-refractivity contribution >= 4 is 26.4 Å². The highest BCUT2D eigenvalue weighted by molar-refractivity contribution is 7.90. The van der Waals surface area contributed by atoms with Crippen molar-refractivity contribution in [1.82, 2.24) is 19.6 Å². The molecule has 0 saturated carbocycles. The molecule has 2 aromatic carbocycles. The van der Waals surface area contributed by atoms with E-state index in [-0.39, 0.29) is 4.90 Å². The summed E-state index contributed by atoms with van der Waals surface area (Å²) < 4.78 is 25.5. The average Bonchev–Trinajstić information content (AvgIpc) is 2.98. The zero-order chi connectivity index (χ0) is 16.0. The maximum absolute atomic E-state index is 12.0. The fraction of sp³-hybridized carbons (Fsp3) is 0.0625. The highest BCUT2D eigenvalue weighted by Crippen LogP contribution is 2.26. The molecular formula is C16H12N4O2S. The van der Waals surface area contributed by atoms with Crippen molar-refractivity contribution in [3.8, 4) is 11.4 Å². The van der Waals surface area contributed by atoms with E-state index in [2.05, 4.69) is 15.1 Å². The summed E-state index contributed by atoms with van der Waals surface area (Å²) in [5.74, 6) is 0.365. The molecule has 0 unspecified atom stereocenters. The number of nitrogens with zero attached hydrogens (tertiary/aromatic N) is 4. The van der Waals surface area contributed by atoms with Crippen molar-refractivity contribution in [2.45, 2.75) is 4.90 Å². The molecule has 0 radical (unpaired) electrons. The van der Waals surface area contributed by atoms with Gasteiger partial charge in [-0.25, -0.2) is 22.9 Å². The first-order valence-electron chi connectivity index (χ1n) is 6.93. The second-order valence-electron chi connectivity index (χ2n) is 5.23. The summed E-state index contributed by atoms with van der Waals surface area (Å²) in [6, 6.07) is 14.4. The van der Waals surface area contributed by atoms with Crippen LogP contribution < -0.4 is 0 Å². The number of hydrogen-bond donors (Lipinski definition) is 0. The second-order valence-corrected chi connectivity index (χ2v) is 7.22. The minimum Gasteiger partial charge on any atom is -0.236 e. The Labute approximate surface area is 132 Å². The van der Waals surface area contributed by atoms with Crippen molar-refractivity contribution in [1.29, 1.82) is 0 Å². The lowest BCUT2D eigenvalue weighted by molar-refractivity contribution is 0.602. The van der Waals surface area contributed by atoms with Gasteiger partial charge in [-0.15, -0.1) is 5.10 Å². The molecule has 6 nitrogen and oxygen atoms in total. The molecule has 0 saturated heterocycles. The van der Waals surface area contributed by atoms with Gasteiger partial charge in [0.25, 0.3) is 0 Å². The van der Waals surface area contributed by atoms with Crippen molar-refractivity contribution in [3.05, 3.63) is 54.9 Å². The Bertz CT molecular complexity index is 1150. The largest absolute Gasteiger partial charge is 0.236 e. The van der Waals surface area contributed by atoms with Gasteiger partial charge in [-0.1, -0.05) is 24.3 Å². The predicted molar refractivity (Wildman–Crippen MR) is 86.8 cm³/mol. The smallest absolute Gasteiger partial charge is 0.183 e. The summed E-state index contributed by atoms with van der Waals surface area (Å²) >= 11 is 0. The van der Waals surface area contributed by atoms with Crippen molar-refractivity contribution in [2.24, 2.45) is 0 Å². The minimum atomic E-state index is -3.37. The van der Waals surface area contributed by atoms with Gasteiger partial charge in [-0.05, 0) is 24.3 Å². The summed E-state index contributed by atoms with van der Waals surface area (Å²) in [5.41, 5.74) is 1.95. The van der Waals surface area contributed by atoms with Crippen LogP contribution in [0.3, 0.4) is 0 Å². The molecule has 7 heteroatoms. The Morgan fingerprint density at radius 1 is 1.00 bits per heavy atom. The van der Waals surface area contributed by atoms with E-state index in [4.69, 9.17) is 0 Å². The number of hydrogen-bond acceptors (Lipinski definition) is 5. The van der Waals surface area contributed by atoms with E-state index in [1.54, 1.807) is 35.1 Å². The molecule has 2 heterocycles. The van der Waals surface area contributed by atoms with Crippen LogP contribution in [0, 0.1) is 0 Å². The molecule has 0 bridgehead atoms. The third kappa shape index (κ3) is 2.25.